The van der Waals surface area contributed by atoms with Crippen molar-refractivity contribution in [3.63, 3.8) is 0 Å². The van der Waals surface area contributed by atoms with Gasteiger partial charge in [0.1, 0.15) is 29.1 Å². The average molecular weight is 654 g/mol. The first-order valence-corrected chi connectivity index (χ1v) is 16.4. The Bertz CT molecular complexity index is 1810. The summed E-state index contributed by atoms with van der Waals surface area (Å²) in [7, 11) is 1.81. The van der Waals surface area contributed by atoms with Crippen LogP contribution in [0.25, 0.3) is 11.3 Å². The van der Waals surface area contributed by atoms with Crippen LogP contribution in [0.1, 0.15) is 67.6 Å². The number of benzene rings is 2. The zero-order valence-electron chi connectivity index (χ0n) is 27.2. The fourth-order valence-electron chi connectivity index (χ4n) is 5.39. The number of hydrogen-bond donors (Lipinski definition) is 3. The van der Waals surface area contributed by atoms with Crippen LogP contribution in [0.4, 0.5) is 10.5 Å². The minimum absolute atomic E-state index is 0.136. The van der Waals surface area contributed by atoms with Crippen molar-refractivity contribution < 1.29 is 24.2 Å². The maximum Gasteiger partial charge on any atom is 0.408 e. The van der Waals surface area contributed by atoms with Crippen LogP contribution >= 0.6 is 11.3 Å². The van der Waals surface area contributed by atoms with Gasteiger partial charge in [0, 0.05) is 41.5 Å². The molecule has 2 atom stereocenters. The number of phenolic OH excluding ortho intramolecular Hbond substituents is 1. The van der Waals surface area contributed by atoms with E-state index in [0.717, 1.165) is 24.0 Å². The predicted octanol–water partition coefficient (Wildman–Crippen LogP) is 6.15. The van der Waals surface area contributed by atoms with Crippen molar-refractivity contribution in [1.82, 2.24) is 20.0 Å². The first-order valence-electron chi connectivity index (χ1n) is 15.5. The standard InChI is InChI=1S/C36H39N5O5S/c1-23-11-18-29(42)27(21-23)31-25(22-40(5)39-31)15-12-24-13-16-26(17-14-24)37-33(43)28-9-6-7-19-41(28)34(44)32(30-10-8-20-47-30)38-35(45)46-36(2,3)4/h8,10-11,13-14,16-18,20-22,28,32,42H,6-7,9,19H2,1-5H3,(H,37,43)(H,38,45)/t28-,32+/m0/s1. The monoisotopic (exact) mass is 653 g/mol. The summed E-state index contributed by atoms with van der Waals surface area (Å²) in [6.07, 6.45) is 3.18. The van der Waals surface area contributed by atoms with E-state index in [4.69, 9.17) is 4.74 Å². The van der Waals surface area contributed by atoms with Gasteiger partial charge in [-0.15, -0.1) is 11.3 Å². The van der Waals surface area contributed by atoms with E-state index in [0.29, 0.717) is 40.4 Å². The number of piperidine rings is 1. The number of anilines is 1. The number of thiophene rings is 1. The zero-order chi connectivity index (χ0) is 33.7. The first-order chi connectivity index (χ1) is 22.4. The Balaban J connectivity index is 1.29. The van der Waals surface area contributed by atoms with E-state index in [9.17, 15) is 19.5 Å². The lowest BCUT2D eigenvalue weighted by Gasteiger charge is -2.37. The summed E-state index contributed by atoms with van der Waals surface area (Å²) < 4.78 is 7.09. The third-order valence-electron chi connectivity index (χ3n) is 7.55. The molecule has 5 rings (SSSR count). The molecule has 3 N–H and O–H groups in total. The minimum atomic E-state index is -0.966. The molecule has 0 spiro atoms. The number of phenols is 1. The predicted molar refractivity (Wildman–Crippen MR) is 182 cm³/mol. The molecular formula is C36H39N5O5S. The first kappa shape index (κ1) is 33.3. The van der Waals surface area contributed by atoms with Crippen LogP contribution in [0.5, 0.6) is 5.75 Å². The Kier molecular flexibility index (Phi) is 10.0. The summed E-state index contributed by atoms with van der Waals surface area (Å²) in [5.41, 5.74) is 3.47. The maximum atomic E-state index is 13.9. The van der Waals surface area contributed by atoms with E-state index in [-0.39, 0.29) is 17.6 Å². The van der Waals surface area contributed by atoms with Crippen molar-refractivity contribution in [2.45, 2.75) is 64.6 Å². The molecule has 47 heavy (non-hydrogen) atoms. The molecule has 3 heterocycles. The van der Waals surface area contributed by atoms with E-state index in [2.05, 4.69) is 27.6 Å². The normalized spacial score (nSPS) is 15.3. The van der Waals surface area contributed by atoms with Crippen molar-refractivity contribution >= 4 is 34.9 Å². The molecule has 1 aliphatic heterocycles. The van der Waals surface area contributed by atoms with Crippen LogP contribution in [0.3, 0.4) is 0 Å². The topological polar surface area (TPSA) is 126 Å². The molecule has 3 amide bonds. The summed E-state index contributed by atoms with van der Waals surface area (Å²) in [6, 6.07) is 14.5. The number of aromatic nitrogens is 2. The number of nitrogens with one attached hydrogen (secondary N) is 2. The fourth-order valence-corrected chi connectivity index (χ4v) is 6.16. The molecule has 0 radical (unpaired) electrons. The van der Waals surface area contributed by atoms with Gasteiger partial charge >= 0.3 is 6.09 Å². The molecule has 0 unspecified atom stereocenters. The van der Waals surface area contributed by atoms with Gasteiger partial charge in [0.2, 0.25) is 5.91 Å². The zero-order valence-corrected chi connectivity index (χ0v) is 28.0. The van der Waals surface area contributed by atoms with Gasteiger partial charge in [0.15, 0.2) is 0 Å². The molecule has 1 saturated heterocycles. The Morgan fingerprint density at radius 3 is 2.55 bits per heavy atom. The van der Waals surface area contributed by atoms with Crippen molar-refractivity contribution in [1.29, 1.82) is 0 Å². The van der Waals surface area contributed by atoms with Gasteiger partial charge in [-0.1, -0.05) is 29.5 Å². The number of aromatic hydroxyl groups is 1. The Morgan fingerprint density at radius 1 is 1.09 bits per heavy atom. The molecule has 2 aromatic carbocycles. The third kappa shape index (κ3) is 8.40. The van der Waals surface area contributed by atoms with Gasteiger partial charge in [0.05, 0.1) is 5.56 Å². The minimum Gasteiger partial charge on any atom is -0.507 e. The molecule has 4 aromatic rings. The van der Waals surface area contributed by atoms with Gasteiger partial charge in [-0.25, -0.2) is 4.79 Å². The van der Waals surface area contributed by atoms with Crippen molar-refractivity contribution in [2.75, 3.05) is 11.9 Å². The highest BCUT2D eigenvalue weighted by atomic mass is 32.1. The summed E-state index contributed by atoms with van der Waals surface area (Å²) in [4.78, 5) is 42.3. The number of alkyl carbamates (subject to hydrolysis) is 1. The quantitative estimate of drug-likeness (QED) is 0.215. The second-order valence-electron chi connectivity index (χ2n) is 12.5. The van der Waals surface area contributed by atoms with Gasteiger partial charge in [-0.05, 0) is 94.8 Å². The second-order valence-corrected chi connectivity index (χ2v) is 13.5. The number of carbonyl (C=O) groups excluding carboxylic acids is 3. The number of likely N-dealkylation sites (tertiary alicyclic amines) is 1. The molecule has 0 saturated carbocycles. The van der Waals surface area contributed by atoms with Gasteiger partial charge in [0.25, 0.3) is 5.91 Å². The number of hydrogen-bond acceptors (Lipinski definition) is 7. The lowest BCUT2D eigenvalue weighted by atomic mass is 9.99. The van der Waals surface area contributed by atoms with Crippen molar-refractivity contribution in [3.05, 3.63) is 87.7 Å². The summed E-state index contributed by atoms with van der Waals surface area (Å²) in [5, 5.41) is 22.5. The van der Waals surface area contributed by atoms with Gasteiger partial charge in [-0.3, -0.25) is 14.3 Å². The van der Waals surface area contributed by atoms with Crippen molar-refractivity contribution in [3.8, 4) is 28.8 Å². The van der Waals surface area contributed by atoms with E-state index in [1.807, 2.05) is 48.8 Å². The van der Waals surface area contributed by atoms with Crippen LogP contribution in [0, 0.1) is 18.8 Å². The average Bonchev–Trinajstić information content (AvgIpc) is 3.69. The van der Waals surface area contributed by atoms with E-state index in [1.54, 1.807) is 61.7 Å². The van der Waals surface area contributed by atoms with E-state index >= 15 is 0 Å². The molecule has 0 aliphatic carbocycles. The third-order valence-corrected chi connectivity index (χ3v) is 8.49. The lowest BCUT2D eigenvalue weighted by molar-refractivity contribution is -0.142. The molecule has 10 nitrogen and oxygen atoms in total. The number of ether oxygens (including phenoxy) is 1. The van der Waals surface area contributed by atoms with Crippen LogP contribution in [-0.2, 0) is 21.4 Å². The van der Waals surface area contributed by atoms with E-state index in [1.165, 1.54) is 11.3 Å². The molecule has 1 aliphatic rings. The van der Waals surface area contributed by atoms with Crippen LogP contribution in [-0.4, -0.2) is 55.9 Å². The lowest BCUT2D eigenvalue weighted by Crippen LogP contribution is -2.53. The molecule has 1 fully saturated rings. The van der Waals surface area contributed by atoms with Gasteiger partial charge < -0.3 is 25.4 Å². The molecule has 0 bridgehead atoms. The molecule has 244 valence electrons. The highest BCUT2D eigenvalue weighted by Gasteiger charge is 2.37. The molecule has 2 aromatic heterocycles. The number of amides is 3. The van der Waals surface area contributed by atoms with Gasteiger partial charge in [-0.2, -0.15) is 5.10 Å². The van der Waals surface area contributed by atoms with Crippen LogP contribution < -0.4 is 10.6 Å². The largest absolute Gasteiger partial charge is 0.507 e. The summed E-state index contributed by atoms with van der Waals surface area (Å²) in [5.74, 6) is 5.80. The highest BCUT2D eigenvalue weighted by Crippen LogP contribution is 2.31. The Morgan fingerprint density at radius 2 is 1.85 bits per heavy atom. The molecule has 11 heteroatoms. The van der Waals surface area contributed by atoms with Crippen molar-refractivity contribution in [2.24, 2.45) is 7.05 Å². The van der Waals surface area contributed by atoms with E-state index < -0.39 is 23.8 Å². The summed E-state index contributed by atoms with van der Waals surface area (Å²) in [6.45, 7) is 7.63. The second kappa shape index (κ2) is 14.1. The number of rotatable bonds is 6. The van der Waals surface area contributed by atoms with Crippen LogP contribution in [0.15, 0.2) is 66.2 Å². The number of carbonyl (C=O) groups is 3. The smallest absolute Gasteiger partial charge is 0.408 e. The molecular weight excluding hydrogens is 614 g/mol. The Labute approximate surface area is 278 Å². The van der Waals surface area contributed by atoms with Crippen LogP contribution in [0.2, 0.25) is 0 Å². The number of nitrogens with zero attached hydrogens (tertiary/aromatic N) is 3. The number of aryl methyl sites for hydroxylation is 2. The Hall–Kier alpha value is -5.08. The summed E-state index contributed by atoms with van der Waals surface area (Å²) >= 11 is 1.36. The fraction of sp³-hybridized carbons (Fsp3) is 0.333. The highest BCUT2D eigenvalue weighted by molar-refractivity contribution is 7.10. The maximum absolute atomic E-state index is 13.9. The SMILES string of the molecule is Cc1ccc(O)c(-c2nn(C)cc2C#Cc2ccc(NC(=O)[C@@H]3CCCCN3C(=O)[C@H](NC(=O)OC(C)(C)C)c3cccs3)cc2)c1.